The number of aliphatic hydroxyl groups excluding tert-OH is 1. The van der Waals surface area contributed by atoms with Crippen LogP contribution in [0.4, 0.5) is 13.2 Å². The number of rotatable bonds is 1. The van der Waals surface area contributed by atoms with Gasteiger partial charge in [-0.1, -0.05) is 18.2 Å². The van der Waals surface area contributed by atoms with Crippen molar-refractivity contribution in [2.24, 2.45) is 5.92 Å². The fraction of sp³-hybridized carbons (Fsp3) is 0.467. The highest BCUT2D eigenvalue weighted by Crippen LogP contribution is 2.37. The number of nitrogens with zero attached hydrogens (tertiary/aromatic N) is 1. The summed E-state index contributed by atoms with van der Waals surface area (Å²) in [5, 5.41) is 10.1. The summed E-state index contributed by atoms with van der Waals surface area (Å²) in [6.07, 6.45) is -2.16. The summed E-state index contributed by atoms with van der Waals surface area (Å²) in [6, 6.07) is 5.39. The van der Waals surface area contributed by atoms with Gasteiger partial charge in [0.1, 0.15) is 0 Å². The first-order valence-electron chi connectivity index (χ1n) is 6.73. The van der Waals surface area contributed by atoms with Crippen molar-refractivity contribution < 1.29 is 18.3 Å². The highest BCUT2D eigenvalue weighted by molar-refractivity contribution is 5.70. The molecule has 20 heavy (non-hydrogen) atoms. The standard InChI is InChI=1S/C15H16F3NO/c16-15(17,18)11-3-1-2-10(8-11)12-4-6-19-7-5-14(20)13(12)9-19/h1-4,8,13-14,20H,5-7,9H2/t13-,14-/m0/s1. The fourth-order valence-electron chi connectivity index (χ4n) is 3.06. The number of benzene rings is 1. The second-order valence-corrected chi connectivity index (χ2v) is 5.46. The molecule has 2 heterocycles. The Morgan fingerprint density at radius 1 is 1.25 bits per heavy atom. The monoisotopic (exact) mass is 283 g/mol. The van der Waals surface area contributed by atoms with Crippen LogP contribution < -0.4 is 0 Å². The molecule has 1 aromatic rings. The van der Waals surface area contributed by atoms with Crippen molar-refractivity contribution in [2.45, 2.75) is 18.7 Å². The normalized spacial score (nSPS) is 30.0. The molecular weight excluding hydrogens is 267 g/mol. The Labute approximate surface area is 115 Å². The highest BCUT2D eigenvalue weighted by Gasteiger charge is 2.35. The zero-order valence-electron chi connectivity index (χ0n) is 10.9. The van der Waals surface area contributed by atoms with E-state index in [1.165, 1.54) is 12.1 Å². The maximum absolute atomic E-state index is 12.8. The maximum atomic E-state index is 12.8. The minimum Gasteiger partial charge on any atom is -0.392 e. The third kappa shape index (κ3) is 2.47. The van der Waals surface area contributed by atoms with Gasteiger partial charge in [0, 0.05) is 25.6 Å². The van der Waals surface area contributed by atoms with Gasteiger partial charge >= 0.3 is 6.18 Å². The molecule has 108 valence electrons. The van der Waals surface area contributed by atoms with Gasteiger partial charge < -0.3 is 5.11 Å². The first-order valence-corrected chi connectivity index (χ1v) is 6.73. The van der Waals surface area contributed by atoms with Crippen LogP contribution in [0.5, 0.6) is 0 Å². The molecule has 1 aromatic carbocycles. The van der Waals surface area contributed by atoms with E-state index in [-0.39, 0.29) is 5.92 Å². The van der Waals surface area contributed by atoms with Crippen LogP contribution in [0.25, 0.3) is 5.57 Å². The van der Waals surface area contributed by atoms with Crippen LogP contribution in [0.15, 0.2) is 30.3 Å². The van der Waals surface area contributed by atoms with Gasteiger partial charge in [-0.25, -0.2) is 0 Å². The smallest absolute Gasteiger partial charge is 0.392 e. The molecule has 5 heteroatoms. The van der Waals surface area contributed by atoms with Crippen molar-refractivity contribution in [3.05, 3.63) is 41.5 Å². The average molecular weight is 283 g/mol. The Hall–Kier alpha value is -1.33. The Morgan fingerprint density at radius 3 is 2.80 bits per heavy atom. The third-order valence-corrected chi connectivity index (χ3v) is 4.15. The van der Waals surface area contributed by atoms with Crippen molar-refractivity contribution in [2.75, 3.05) is 19.6 Å². The van der Waals surface area contributed by atoms with Gasteiger partial charge in [-0.2, -0.15) is 13.2 Å². The van der Waals surface area contributed by atoms with Gasteiger partial charge in [-0.3, -0.25) is 4.90 Å². The first-order chi connectivity index (χ1) is 9.45. The van der Waals surface area contributed by atoms with E-state index in [1.54, 1.807) is 6.07 Å². The van der Waals surface area contributed by atoms with Crippen LogP contribution in [-0.2, 0) is 6.18 Å². The molecule has 2 aliphatic rings. The van der Waals surface area contributed by atoms with Crippen molar-refractivity contribution in [1.29, 1.82) is 0 Å². The molecule has 1 unspecified atom stereocenters. The molecule has 0 amide bonds. The van der Waals surface area contributed by atoms with E-state index in [1.807, 2.05) is 6.08 Å². The Kier molecular flexibility index (Phi) is 3.34. The Bertz CT molecular complexity index is 538. The number of alkyl halides is 3. The van der Waals surface area contributed by atoms with Gasteiger partial charge in [0.15, 0.2) is 0 Å². The minimum absolute atomic E-state index is 0.0824. The van der Waals surface area contributed by atoms with Gasteiger partial charge in [0.05, 0.1) is 11.7 Å². The van der Waals surface area contributed by atoms with E-state index >= 15 is 0 Å². The average Bonchev–Trinajstić information content (AvgIpc) is 2.43. The summed E-state index contributed by atoms with van der Waals surface area (Å²) in [5.74, 6) is -0.0824. The number of aliphatic hydroxyl groups is 1. The number of hydrogen-bond donors (Lipinski definition) is 1. The number of hydrogen-bond acceptors (Lipinski definition) is 2. The van der Waals surface area contributed by atoms with E-state index < -0.39 is 17.8 Å². The van der Waals surface area contributed by atoms with Crippen LogP contribution in [-0.4, -0.2) is 35.7 Å². The Morgan fingerprint density at radius 2 is 2.05 bits per heavy atom. The van der Waals surface area contributed by atoms with Crippen molar-refractivity contribution in [3.63, 3.8) is 0 Å². The molecule has 1 N–H and O–H groups in total. The predicted octanol–water partition coefficient (Wildman–Crippen LogP) is 2.79. The zero-order chi connectivity index (χ0) is 14.3. The lowest BCUT2D eigenvalue weighted by Crippen LogP contribution is -2.46. The summed E-state index contributed by atoms with van der Waals surface area (Å²) >= 11 is 0. The molecule has 0 radical (unpaired) electrons. The molecule has 1 fully saturated rings. The first kappa shape index (κ1) is 13.6. The SMILES string of the molecule is O[C@H]1CCN2CC=C(c3cccc(C(F)(F)F)c3)[C@@H]1C2. The van der Waals surface area contributed by atoms with Crippen molar-refractivity contribution in [3.8, 4) is 0 Å². The van der Waals surface area contributed by atoms with Crippen LogP contribution in [0, 0.1) is 5.92 Å². The molecule has 2 aliphatic heterocycles. The molecular formula is C15H16F3NO. The Balaban J connectivity index is 1.96. The molecule has 0 spiro atoms. The predicted molar refractivity (Wildman–Crippen MR) is 70.0 cm³/mol. The number of halogens is 3. The molecule has 0 aromatic heterocycles. The van der Waals surface area contributed by atoms with E-state index in [9.17, 15) is 18.3 Å². The van der Waals surface area contributed by atoms with Crippen LogP contribution in [0.3, 0.4) is 0 Å². The summed E-state index contributed by atoms with van der Waals surface area (Å²) < 4.78 is 38.4. The summed E-state index contributed by atoms with van der Waals surface area (Å²) in [5.41, 5.74) is 0.786. The van der Waals surface area contributed by atoms with Crippen LogP contribution in [0.2, 0.25) is 0 Å². The lowest BCUT2D eigenvalue weighted by molar-refractivity contribution is -0.137. The van der Waals surface area contributed by atoms with E-state index in [4.69, 9.17) is 0 Å². The van der Waals surface area contributed by atoms with Gasteiger partial charge in [0.2, 0.25) is 0 Å². The highest BCUT2D eigenvalue weighted by atomic mass is 19.4. The van der Waals surface area contributed by atoms with E-state index in [0.717, 1.165) is 31.3 Å². The maximum Gasteiger partial charge on any atom is 0.416 e. The van der Waals surface area contributed by atoms with Crippen LogP contribution >= 0.6 is 0 Å². The summed E-state index contributed by atoms with van der Waals surface area (Å²) in [6.45, 7) is 2.32. The molecule has 3 rings (SSSR count). The molecule has 3 atom stereocenters. The lowest BCUT2D eigenvalue weighted by atomic mass is 9.81. The summed E-state index contributed by atoms with van der Waals surface area (Å²) in [4.78, 5) is 2.22. The fourth-order valence-corrected chi connectivity index (χ4v) is 3.06. The van der Waals surface area contributed by atoms with Crippen LogP contribution in [0.1, 0.15) is 17.5 Å². The van der Waals surface area contributed by atoms with Crippen molar-refractivity contribution in [1.82, 2.24) is 4.90 Å². The van der Waals surface area contributed by atoms with E-state index in [0.29, 0.717) is 12.0 Å². The number of piperidine rings is 1. The largest absolute Gasteiger partial charge is 0.416 e. The van der Waals surface area contributed by atoms with E-state index in [2.05, 4.69) is 4.90 Å². The molecule has 0 aliphatic carbocycles. The second kappa shape index (κ2) is 4.90. The third-order valence-electron chi connectivity index (χ3n) is 4.15. The number of fused-ring (bicyclic) bond motifs is 2. The lowest BCUT2D eigenvalue weighted by Gasteiger charge is -2.40. The molecule has 0 saturated carbocycles. The molecule has 2 bridgehead atoms. The molecule has 2 nitrogen and oxygen atoms in total. The second-order valence-electron chi connectivity index (χ2n) is 5.46. The van der Waals surface area contributed by atoms with Crippen molar-refractivity contribution >= 4 is 5.57 Å². The van der Waals surface area contributed by atoms with Gasteiger partial charge in [-0.15, -0.1) is 0 Å². The topological polar surface area (TPSA) is 23.5 Å². The summed E-state index contributed by atoms with van der Waals surface area (Å²) in [7, 11) is 0. The van der Waals surface area contributed by atoms with Gasteiger partial charge in [0.25, 0.3) is 0 Å². The van der Waals surface area contributed by atoms with Gasteiger partial charge in [-0.05, 0) is 29.7 Å². The molecule has 1 saturated heterocycles. The zero-order valence-corrected chi connectivity index (χ0v) is 10.9. The minimum atomic E-state index is -4.33. The quantitative estimate of drug-likeness (QED) is 0.856.